The number of para-hydroxylation sites is 1. The van der Waals surface area contributed by atoms with Crippen LogP contribution in [0.1, 0.15) is 15.9 Å². The molecule has 0 atom stereocenters. The number of carbonyl (C=O) groups is 1. The van der Waals surface area contributed by atoms with Crippen molar-refractivity contribution in [2.24, 2.45) is 0 Å². The summed E-state index contributed by atoms with van der Waals surface area (Å²) in [4.78, 5) is 22.6. The molecule has 0 heterocycles. The lowest BCUT2D eigenvalue weighted by Gasteiger charge is -2.07. The lowest BCUT2D eigenvalue weighted by Crippen LogP contribution is -2.12. The average Bonchev–Trinajstić information content (AvgIpc) is 2.42. The van der Waals surface area contributed by atoms with E-state index in [1.54, 1.807) is 37.3 Å². The van der Waals surface area contributed by atoms with Crippen molar-refractivity contribution < 1.29 is 9.72 Å². The molecule has 0 aliphatic rings. The molecule has 1 amide bonds. The summed E-state index contributed by atoms with van der Waals surface area (Å²) in [6, 6.07) is 11.8. The third-order valence-corrected chi connectivity index (χ3v) is 3.63. The summed E-state index contributed by atoms with van der Waals surface area (Å²) in [6.45, 7) is 1.63. The van der Waals surface area contributed by atoms with Crippen molar-refractivity contribution in [3.63, 3.8) is 0 Å². The van der Waals surface area contributed by atoms with Gasteiger partial charge in [-0.05, 0) is 25.1 Å². The van der Waals surface area contributed by atoms with Crippen LogP contribution in [0, 0.1) is 17.0 Å². The molecular weight excluding hydrogens is 324 g/mol. The Balaban J connectivity index is 2.33. The summed E-state index contributed by atoms with van der Waals surface area (Å²) < 4.78 is 0.532. The van der Waals surface area contributed by atoms with Gasteiger partial charge in [-0.1, -0.05) is 34.1 Å². The fourth-order valence-corrected chi connectivity index (χ4v) is 2.16. The van der Waals surface area contributed by atoms with Crippen molar-refractivity contribution in [3.8, 4) is 0 Å². The number of halogens is 1. The highest BCUT2D eigenvalue weighted by Crippen LogP contribution is 2.28. The summed E-state index contributed by atoms with van der Waals surface area (Å²) in [7, 11) is 0. The van der Waals surface area contributed by atoms with Gasteiger partial charge in [-0.25, -0.2) is 0 Å². The molecular formula is C14H11BrN2O3. The molecule has 2 aromatic rings. The minimum Gasteiger partial charge on any atom is -0.322 e. The largest absolute Gasteiger partial charge is 0.322 e. The molecule has 0 saturated heterocycles. The summed E-state index contributed by atoms with van der Waals surface area (Å²) in [6.07, 6.45) is 0. The Morgan fingerprint density at radius 3 is 2.50 bits per heavy atom. The first-order chi connectivity index (χ1) is 9.49. The summed E-state index contributed by atoms with van der Waals surface area (Å²) in [5, 5.41) is 13.6. The van der Waals surface area contributed by atoms with Crippen molar-refractivity contribution in [2.75, 3.05) is 5.32 Å². The third-order valence-electron chi connectivity index (χ3n) is 2.81. The van der Waals surface area contributed by atoms with E-state index in [0.29, 0.717) is 15.7 Å². The first-order valence-corrected chi connectivity index (χ1v) is 6.59. The predicted octanol–water partition coefficient (Wildman–Crippen LogP) is 3.92. The number of nitrogens with zero attached hydrogens (tertiary/aromatic N) is 1. The second-order valence-electron chi connectivity index (χ2n) is 4.18. The van der Waals surface area contributed by atoms with E-state index in [9.17, 15) is 14.9 Å². The molecule has 0 spiro atoms. The van der Waals surface area contributed by atoms with Crippen LogP contribution in [0.15, 0.2) is 46.9 Å². The first-order valence-electron chi connectivity index (χ1n) is 5.80. The Morgan fingerprint density at radius 1 is 1.25 bits per heavy atom. The highest BCUT2D eigenvalue weighted by Gasteiger charge is 2.18. The zero-order valence-electron chi connectivity index (χ0n) is 10.6. The highest BCUT2D eigenvalue weighted by molar-refractivity contribution is 9.10. The van der Waals surface area contributed by atoms with E-state index in [0.717, 1.165) is 0 Å². The number of nitro benzene ring substituents is 1. The van der Waals surface area contributed by atoms with Gasteiger partial charge in [0, 0.05) is 27.4 Å². The molecule has 0 aliphatic carbocycles. The number of carbonyl (C=O) groups excluding carboxylic acids is 1. The van der Waals surface area contributed by atoms with Crippen molar-refractivity contribution in [2.45, 2.75) is 6.92 Å². The van der Waals surface area contributed by atoms with Crippen molar-refractivity contribution in [1.29, 1.82) is 0 Å². The molecule has 2 rings (SSSR count). The zero-order chi connectivity index (χ0) is 14.7. The second-order valence-corrected chi connectivity index (χ2v) is 5.03. The van der Waals surface area contributed by atoms with Crippen LogP contribution in [0.4, 0.5) is 11.4 Å². The van der Waals surface area contributed by atoms with E-state index in [2.05, 4.69) is 21.2 Å². The number of hydrogen-bond acceptors (Lipinski definition) is 3. The van der Waals surface area contributed by atoms with Gasteiger partial charge in [0.2, 0.25) is 0 Å². The topological polar surface area (TPSA) is 72.2 Å². The van der Waals surface area contributed by atoms with Crippen LogP contribution >= 0.6 is 15.9 Å². The monoisotopic (exact) mass is 334 g/mol. The average molecular weight is 335 g/mol. The molecule has 20 heavy (non-hydrogen) atoms. The van der Waals surface area contributed by atoms with E-state index in [-0.39, 0.29) is 17.2 Å². The van der Waals surface area contributed by atoms with Gasteiger partial charge in [0.15, 0.2) is 0 Å². The Labute approximate surface area is 123 Å². The van der Waals surface area contributed by atoms with E-state index in [4.69, 9.17) is 0 Å². The van der Waals surface area contributed by atoms with Crippen LogP contribution in [0.25, 0.3) is 0 Å². The molecule has 0 unspecified atom stereocenters. The van der Waals surface area contributed by atoms with Gasteiger partial charge in [0.05, 0.1) is 4.92 Å². The summed E-state index contributed by atoms with van der Waals surface area (Å²) >= 11 is 3.23. The van der Waals surface area contributed by atoms with Crippen molar-refractivity contribution >= 4 is 33.2 Å². The lowest BCUT2D eigenvalue weighted by molar-refractivity contribution is -0.385. The Morgan fingerprint density at radius 2 is 1.90 bits per heavy atom. The van der Waals surface area contributed by atoms with Gasteiger partial charge in [0.1, 0.15) is 0 Å². The quantitative estimate of drug-likeness (QED) is 0.683. The molecule has 2 aromatic carbocycles. The maximum atomic E-state index is 12.1. The second kappa shape index (κ2) is 5.83. The van der Waals surface area contributed by atoms with Crippen molar-refractivity contribution in [1.82, 2.24) is 0 Å². The maximum absolute atomic E-state index is 12.1. The molecule has 0 bridgehead atoms. The van der Waals surface area contributed by atoms with Crippen LogP contribution in [0.3, 0.4) is 0 Å². The van der Waals surface area contributed by atoms with Crippen LogP contribution in [0.5, 0.6) is 0 Å². The first kappa shape index (κ1) is 14.2. The summed E-state index contributed by atoms with van der Waals surface area (Å²) in [5.74, 6) is -0.389. The van der Waals surface area contributed by atoms with Crippen LogP contribution in [-0.2, 0) is 0 Å². The van der Waals surface area contributed by atoms with Gasteiger partial charge >= 0.3 is 0 Å². The Bertz CT molecular complexity index is 672. The number of hydrogen-bond donors (Lipinski definition) is 1. The number of amides is 1. The fraction of sp³-hybridized carbons (Fsp3) is 0.0714. The fourth-order valence-electron chi connectivity index (χ4n) is 1.71. The number of anilines is 1. The summed E-state index contributed by atoms with van der Waals surface area (Å²) in [5.41, 5.74) is 1.28. The van der Waals surface area contributed by atoms with Gasteiger partial charge in [-0.15, -0.1) is 0 Å². The molecule has 0 saturated carbocycles. The number of benzene rings is 2. The van der Waals surface area contributed by atoms with E-state index in [1.807, 2.05) is 6.07 Å². The third kappa shape index (κ3) is 3.03. The molecule has 0 aliphatic heterocycles. The molecule has 0 aromatic heterocycles. The molecule has 0 fully saturated rings. The smallest absolute Gasteiger partial charge is 0.274 e. The molecule has 0 radical (unpaired) electrons. The van der Waals surface area contributed by atoms with Crippen LogP contribution in [0.2, 0.25) is 0 Å². The molecule has 1 N–H and O–H groups in total. The zero-order valence-corrected chi connectivity index (χ0v) is 12.2. The number of nitrogens with one attached hydrogen (secondary N) is 1. The Hall–Kier alpha value is -2.21. The molecule has 102 valence electrons. The van der Waals surface area contributed by atoms with Gasteiger partial charge in [-0.3, -0.25) is 14.9 Å². The maximum Gasteiger partial charge on any atom is 0.274 e. The van der Waals surface area contributed by atoms with Crippen LogP contribution < -0.4 is 5.32 Å². The molecule has 5 nitrogen and oxygen atoms in total. The minimum atomic E-state index is -0.501. The minimum absolute atomic E-state index is 0.0856. The SMILES string of the molecule is Cc1c(Br)cc(C(=O)Nc2ccccc2)cc1[N+](=O)[O-]. The lowest BCUT2D eigenvalue weighted by atomic mass is 10.1. The van der Waals surface area contributed by atoms with Crippen LogP contribution in [-0.4, -0.2) is 10.8 Å². The van der Waals surface area contributed by atoms with Gasteiger partial charge < -0.3 is 5.32 Å². The number of rotatable bonds is 3. The standard InChI is InChI=1S/C14H11BrN2O3/c1-9-12(15)7-10(8-13(9)17(19)20)14(18)16-11-5-3-2-4-6-11/h2-8H,1H3,(H,16,18). The predicted molar refractivity (Wildman–Crippen MR) is 79.9 cm³/mol. The van der Waals surface area contributed by atoms with Gasteiger partial charge in [-0.2, -0.15) is 0 Å². The van der Waals surface area contributed by atoms with Gasteiger partial charge in [0.25, 0.3) is 11.6 Å². The molecule has 6 heteroatoms. The normalized spacial score (nSPS) is 10.1. The number of nitro groups is 1. The van der Waals surface area contributed by atoms with E-state index >= 15 is 0 Å². The van der Waals surface area contributed by atoms with Crippen molar-refractivity contribution in [3.05, 3.63) is 68.2 Å². The highest BCUT2D eigenvalue weighted by atomic mass is 79.9. The Kier molecular flexibility index (Phi) is 4.14. The van der Waals surface area contributed by atoms with E-state index in [1.165, 1.54) is 6.07 Å². The van der Waals surface area contributed by atoms with E-state index < -0.39 is 4.92 Å².